The Bertz CT molecular complexity index is 247. The fraction of sp³-hybridized carbons (Fsp3) is 1.00. The topological polar surface area (TPSA) is 36.1 Å². The fourth-order valence-electron chi connectivity index (χ4n) is 3.33. The molecule has 0 aromatic rings. The van der Waals surface area contributed by atoms with Gasteiger partial charge in [-0.25, -0.2) is 0 Å². The van der Waals surface area contributed by atoms with Crippen LogP contribution in [0.1, 0.15) is 157 Å². The number of unbranched alkanes of at least 4 members (excludes halogenated alkanes) is 12. The SMILES string of the molecule is CCCCCCNCCCCCC.CCCCCNCCCCC.CCCCNCCCC. The molecule has 0 bridgehead atoms. The lowest BCUT2D eigenvalue weighted by molar-refractivity contribution is 0.564. The van der Waals surface area contributed by atoms with E-state index < -0.39 is 0 Å². The highest BCUT2D eigenvalue weighted by molar-refractivity contribution is 4.50. The molecule has 0 aromatic heterocycles. The van der Waals surface area contributed by atoms with Gasteiger partial charge in [-0.1, -0.05) is 119 Å². The average molecular weight is 472 g/mol. The quantitative estimate of drug-likeness (QED) is 0.123. The highest BCUT2D eigenvalue weighted by atomic mass is 14.8. The third-order valence-electron chi connectivity index (χ3n) is 5.74. The van der Waals surface area contributed by atoms with E-state index in [4.69, 9.17) is 0 Å². The van der Waals surface area contributed by atoms with Crippen LogP contribution in [0, 0.1) is 0 Å². The second-order valence-electron chi connectivity index (χ2n) is 9.49. The van der Waals surface area contributed by atoms with Crippen LogP contribution in [0.15, 0.2) is 0 Å². The van der Waals surface area contributed by atoms with Crippen LogP contribution in [-0.2, 0) is 0 Å². The Morgan fingerprint density at radius 1 is 0.242 bits per heavy atom. The first-order valence-electron chi connectivity index (χ1n) is 15.4. The minimum atomic E-state index is 1.20. The summed E-state index contributed by atoms with van der Waals surface area (Å²) in [6, 6.07) is 0. The summed E-state index contributed by atoms with van der Waals surface area (Å²) >= 11 is 0. The summed E-state index contributed by atoms with van der Waals surface area (Å²) in [4.78, 5) is 0. The van der Waals surface area contributed by atoms with Crippen molar-refractivity contribution in [3.8, 4) is 0 Å². The van der Waals surface area contributed by atoms with Crippen LogP contribution in [0.25, 0.3) is 0 Å². The van der Waals surface area contributed by atoms with Crippen molar-refractivity contribution in [2.75, 3.05) is 39.3 Å². The van der Waals surface area contributed by atoms with Gasteiger partial charge in [-0.3, -0.25) is 0 Å². The molecule has 33 heavy (non-hydrogen) atoms. The van der Waals surface area contributed by atoms with E-state index in [2.05, 4.69) is 57.5 Å². The number of nitrogens with one attached hydrogen (secondary N) is 3. The zero-order valence-corrected chi connectivity index (χ0v) is 24.5. The Labute approximate surface area is 212 Å². The van der Waals surface area contributed by atoms with Gasteiger partial charge in [0.1, 0.15) is 0 Å². The third kappa shape index (κ3) is 49.9. The summed E-state index contributed by atoms with van der Waals surface area (Å²) in [6.45, 7) is 20.8. The predicted octanol–water partition coefficient (Wildman–Crippen LogP) is 8.87. The van der Waals surface area contributed by atoms with Crippen LogP contribution in [0.2, 0.25) is 0 Å². The summed E-state index contributed by atoms with van der Waals surface area (Å²) in [5.74, 6) is 0. The summed E-state index contributed by atoms with van der Waals surface area (Å²) in [5.41, 5.74) is 0. The molecule has 3 nitrogen and oxygen atoms in total. The Kier molecular flexibility index (Phi) is 47.7. The van der Waals surface area contributed by atoms with Crippen LogP contribution in [-0.4, -0.2) is 39.3 Å². The van der Waals surface area contributed by atoms with Crippen molar-refractivity contribution in [3.63, 3.8) is 0 Å². The number of rotatable bonds is 24. The lowest BCUT2D eigenvalue weighted by Gasteiger charge is -2.03. The molecule has 0 saturated heterocycles. The first kappa shape index (κ1) is 37.4. The van der Waals surface area contributed by atoms with Crippen molar-refractivity contribution in [1.29, 1.82) is 0 Å². The number of hydrogen-bond donors (Lipinski definition) is 3. The van der Waals surface area contributed by atoms with Gasteiger partial charge in [0.25, 0.3) is 0 Å². The lowest BCUT2D eigenvalue weighted by Crippen LogP contribution is -2.16. The van der Waals surface area contributed by atoms with E-state index in [1.54, 1.807) is 0 Å². The molecule has 0 spiro atoms. The molecule has 3 N–H and O–H groups in total. The van der Waals surface area contributed by atoms with Gasteiger partial charge in [-0.15, -0.1) is 0 Å². The van der Waals surface area contributed by atoms with Gasteiger partial charge in [0.2, 0.25) is 0 Å². The molecule has 0 atom stereocenters. The maximum absolute atomic E-state index is 3.50. The van der Waals surface area contributed by atoms with Crippen molar-refractivity contribution < 1.29 is 0 Å². The largest absolute Gasteiger partial charge is 0.317 e. The van der Waals surface area contributed by atoms with Crippen molar-refractivity contribution in [1.82, 2.24) is 16.0 Å². The summed E-state index contributed by atoms with van der Waals surface area (Å²) in [6.07, 6.45) is 24.4. The maximum Gasteiger partial charge on any atom is -0.00489 e. The number of hydrogen-bond acceptors (Lipinski definition) is 3. The second-order valence-corrected chi connectivity index (χ2v) is 9.49. The van der Waals surface area contributed by atoms with Crippen LogP contribution < -0.4 is 16.0 Å². The lowest BCUT2D eigenvalue weighted by atomic mass is 10.2. The molecule has 3 heteroatoms. The molecule has 0 fully saturated rings. The van der Waals surface area contributed by atoms with Crippen molar-refractivity contribution >= 4 is 0 Å². The first-order valence-corrected chi connectivity index (χ1v) is 15.4. The summed E-state index contributed by atoms with van der Waals surface area (Å²) in [5, 5.41) is 10.3. The van der Waals surface area contributed by atoms with Crippen molar-refractivity contribution in [3.05, 3.63) is 0 Å². The molecular weight excluding hydrogens is 402 g/mol. The standard InChI is InChI=1S/C12H27N.C10H23N.C8H19N/c1-3-5-7-9-11-13-12-10-8-6-4-2;1-3-5-7-9-11-10-8-6-4-2;1-3-5-7-9-8-6-4-2/h13H,3-12H2,1-2H3;11H,3-10H2,1-2H3;9H,3-8H2,1-2H3. The molecule has 204 valence electrons. The Morgan fingerprint density at radius 3 is 0.727 bits per heavy atom. The first-order chi connectivity index (χ1) is 16.2. The molecular formula is C30H69N3. The van der Waals surface area contributed by atoms with Crippen molar-refractivity contribution in [2.24, 2.45) is 0 Å². The van der Waals surface area contributed by atoms with E-state index in [0.717, 1.165) is 0 Å². The molecule has 0 rings (SSSR count). The normalized spacial score (nSPS) is 10.4. The van der Waals surface area contributed by atoms with Crippen LogP contribution >= 0.6 is 0 Å². The molecule has 0 aliphatic heterocycles. The minimum Gasteiger partial charge on any atom is -0.317 e. The average Bonchev–Trinajstić information content (AvgIpc) is 2.83. The van der Waals surface area contributed by atoms with E-state index in [9.17, 15) is 0 Å². The van der Waals surface area contributed by atoms with Gasteiger partial charge < -0.3 is 16.0 Å². The second kappa shape index (κ2) is 42.1. The predicted molar refractivity (Wildman–Crippen MR) is 156 cm³/mol. The molecule has 0 saturated carbocycles. The van der Waals surface area contributed by atoms with E-state index in [1.165, 1.54) is 155 Å². The zero-order chi connectivity index (χ0) is 25.1. The summed E-state index contributed by atoms with van der Waals surface area (Å²) < 4.78 is 0. The maximum atomic E-state index is 3.50. The fourth-order valence-corrected chi connectivity index (χ4v) is 3.33. The van der Waals surface area contributed by atoms with Crippen LogP contribution in [0.5, 0.6) is 0 Å². The molecule has 0 amide bonds. The highest BCUT2D eigenvalue weighted by Crippen LogP contribution is 1.99. The third-order valence-corrected chi connectivity index (χ3v) is 5.74. The smallest absolute Gasteiger partial charge is 0.00489 e. The Balaban J connectivity index is -0.000000416. The van der Waals surface area contributed by atoms with Gasteiger partial charge in [0.05, 0.1) is 0 Å². The van der Waals surface area contributed by atoms with E-state index >= 15 is 0 Å². The molecule has 0 unspecified atom stereocenters. The molecule has 0 aliphatic rings. The molecule has 0 aliphatic carbocycles. The van der Waals surface area contributed by atoms with E-state index in [0.29, 0.717) is 0 Å². The Morgan fingerprint density at radius 2 is 0.455 bits per heavy atom. The Hall–Kier alpha value is -0.120. The van der Waals surface area contributed by atoms with Crippen LogP contribution in [0.3, 0.4) is 0 Å². The molecule has 0 heterocycles. The van der Waals surface area contributed by atoms with Gasteiger partial charge in [0, 0.05) is 0 Å². The van der Waals surface area contributed by atoms with E-state index in [1.807, 2.05) is 0 Å². The van der Waals surface area contributed by atoms with Gasteiger partial charge in [-0.2, -0.15) is 0 Å². The molecule has 0 aromatic carbocycles. The minimum absolute atomic E-state index is 1.20. The van der Waals surface area contributed by atoms with Crippen molar-refractivity contribution in [2.45, 2.75) is 157 Å². The van der Waals surface area contributed by atoms with Gasteiger partial charge in [0.15, 0.2) is 0 Å². The van der Waals surface area contributed by atoms with Crippen LogP contribution in [0.4, 0.5) is 0 Å². The van der Waals surface area contributed by atoms with Gasteiger partial charge in [-0.05, 0) is 77.8 Å². The monoisotopic (exact) mass is 472 g/mol. The van der Waals surface area contributed by atoms with Gasteiger partial charge >= 0.3 is 0 Å². The van der Waals surface area contributed by atoms with E-state index in [-0.39, 0.29) is 0 Å². The summed E-state index contributed by atoms with van der Waals surface area (Å²) in [7, 11) is 0. The highest BCUT2D eigenvalue weighted by Gasteiger charge is 1.89. The molecule has 0 radical (unpaired) electrons. The zero-order valence-electron chi connectivity index (χ0n) is 24.5.